The Morgan fingerprint density at radius 3 is 2.58 bits per heavy atom. The monoisotopic (exact) mass is 278 g/mol. The summed E-state index contributed by atoms with van der Waals surface area (Å²) in [6.45, 7) is 4.39. The van der Waals surface area contributed by atoms with Gasteiger partial charge in [0.25, 0.3) is 0 Å². The molecule has 1 radical (unpaired) electrons. The van der Waals surface area contributed by atoms with Crippen molar-refractivity contribution in [2.75, 3.05) is 13.6 Å². The van der Waals surface area contributed by atoms with Crippen molar-refractivity contribution in [3.8, 4) is 0 Å². The normalized spacial score (nSPS) is 22.2. The van der Waals surface area contributed by atoms with Gasteiger partial charge in [0.1, 0.15) is 6.54 Å². The van der Waals surface area contributed by atoms with E-state index in [2.05, 4.69) is 6.08 Å². The van der Waals surface area contributed by atoms with Crippen molar-refractivity contribution in [3.63, 3.8) is 0 Å². The predicted octanol–water partition coefficient (Wildman–Crippen LogP) is 3.60. The van der Waals surface area contributed by atoms with Crippen molar-refractivity contribution in [1.29, 1.82) is 0 Å². The lowest BCUT2D eigenvalue weighted by Crippen LogP contribution is -2.44. The van der Waals surface area contributed by atoms with Crippen molar-refractivity contribution < 1.29 is 4.92 Å². The van der Waals surface area contributed by atoms with E-state index in [4.69, 9.17) is 11.6 Å². The number of rotatable bonds is 2. The van der Waals surface area contributed by atoms with E-state index in [0.717, 1.165) is 11.1 Å². The Morgan fingerprint density at radius 2 is 2.00 bits per heavy atom. The molecule has 0 spiro atoms. The van der Waals surface area contributed by atoms with Crippen molar-refractivity contribution in [3.05, 3.63) is 56.8 Å². The molecule has 1 aliphatic heterocycles. The maximum absolute atomic E-state index is 11.3. The van der Waals surface area contributed by atoms with Crippen molar-refractivity contribution >= 4 is 23.0 Å². The molecule has 0 aromatic heterocycles. The zero-order valence-corrected chi connectivity index (χ0v) is 11.9. The first-order valence-electron chi connectivity index (χ1n) is 5.92. The lowest BCUT2D eigenvalue weighted by molar-refractivity contribution is -0.384. The van der Waals surface area contributed by atoms with Gasteiger partial charge in [-0.15, -0.1) is 0 Å². The smallest absolute Gasteiger partial charge is 0.258 e. The van der Waals surface area contributed by atoms with Gasteiger partial charge in [-0.3, -0.25) is 10.1 Å². The van der Waals surface area contributed by atoms with Crippen LogP contribution in [0.3, 0.4) is 0 Å². The molecule has 19 heavy (non-hydrogen) atoms. The third-order valence-corrected chi connectivity index (χ3v) is 4.03. The number of likely N-dealkylation sites (N-methyl/N-ethyl adjacent to an activating group) is 1. The van der Waals surface area contributed by atoms with Gasteiger partial charge < -0.3 is 0 Å². The molecule has 0 saturated carbocycles. The van der Waals surface area contributed by atoms with Gasteiger partial charge in [-0.05, 0) is 48.7 Å². The summed E-state index contributed by atoms with van der Waals surface area (Å²) in [5.41, 5.74) is 2.61. The van der Waals surface area contributed by atoms with Gasteiger partial charge in [-0.2, -0.15) is 0 Å². The van der Waals surface area contributed by atoms with Crippen LogP contribution >= 0.6 is 11.6 Å². The van der Waals surface area contributed by atoms with Gasteiger partial charge in [-0.1, -0.05) is 0 Å². The summed E-state index contributed by atoms with van der Waals surface area (Å²) >= 11 is 6.23. The third-order valence-electron chi connectivity index (χ3n) is 3.54. The molecule has 99 valence electrons. The van der Waals surface area contributed by atoms with Crippen LogP contribution in [0, 0.1) is 30.0 Å². The minimum atomic E-state index is -0.353. The van der Waals surface area contributed by atoms with Crippen LogP contribution in [0.15, 0.2) is 29.4 Å². The highest BCUT2D eigenvalue weighted by molar-refractivity contribution is 6.30. The molecule has 4 nitrogen and oxygen atoms in total. The Kier molecular flexibility index (Phi) is 3.47. The van der Waals surface area contributed by atoms with Crippen LogP contribution in [0.4, 0.5) is 11.4 Å². The topological polar surface area (TPSA) is 43.1 Å². The second-order valence-corrected chi connectivity index (χ2v) is 5.25. The van der Waals surface area contributed by atoms with E-state index in [1.165, 1.54) is 0 Å². The molecule has 1 unspecified atom stereocenters. The average Bonchev–Trinajstić information content (AvgIpc) is 2.35. The maximum atomic E-state index is 11.3. The number of nitro groups is 1. The van der Waals surface area contributed by atoms with Gasteiger partial charge in [0.05, 0.1) is 18.0 Å². The van der Waals surface area contributed by atoms with Crippen LogP contribution in [0.2, 0.25) is 0 Å². The number of aryl methyl sites for hydroxylation is 2. The molecular formula is C14H15ClN2O2+. The van der Waals surface area contributed by atoms with E-state index < -0.39 is 0 Å². The Labute approximate surface area is 117 Å². The van der Waals surface area contributed by atoms with E-state index in [9.17, 15) is 10.1 Å². The third kappa shape index (κ3) is 2.29. The first-order chi connectivity index (χ1) is 8.86. The Bertz CT molecular complexity index is 608. The Balaban J connectivity index is 2.68. The van der Waals surface area contributed by atoms with Crippen molar-refractivity contribution in [2.45, 2.75) is 13.8 Å². The number of hydrogen-bond donors (Lipinski definition) is 0. The molecule has 0 fully saturated rings. The molecule has 0 bridgehead atoms. The highest BCUT2D eigenvalue weighted by atomic mass is 35.5. The fourth-order valence-corrected chi connectivity index (χ4v) is 2.37. The van der Waals surface area contributed by atoms with Crippen LogP contribution in [-0.4, -0.2) is 18.5 Å². The van der Waals surface area contributed by atoms with Gasteiger partial charge in [0.15, 0.2) is 0 Å². The molecule has 0 N–H and O–H groups in total. The summed E-state index contributed by atoms with van der Waals surface area (Å²) in [6, 6.07) is 3.45. The van der Waals surface area contributed by atoms with E-state index in [1.807, 2.05) is 33.0 Å². The number of nitro benzene ring substituents is 1. The lowest BCUT2D eigenvalue weighted by atomic mass is 10.1. The predicted molar refractivity (Wildman–Crippen MR) is 76.9 cm³/mol. The largest absolute Gasteiger partial charge is 0.330 e. The summed E-state index contributed by atoms with van der Waals surface area (Å²) in [7, 11) is 1.86. The van der Waals surface area contributed by atoms with Gasteiger partial charge in [0, 0.05) is 12.1 Å². The lowest BCUT2D eigenvalue weighted by Gasteiger charge is -2.32. The zero-order valence-electron chi connectivity index (χ0n) is 11.1. The van der Waals surface area contributed by atoms with Crippen molar-refractivity contribution in [2.24, 2.45) is 0 Å². The summed E-state index contributed by atoms with van der Waals surface area (Å²) in [6.07, 6.45) is 6.58. The SMILES string of the molecule is Cc1cc([N+](=O)[O-])c([N+]2(C)CC=C[C]=C2Cl)cc1C. The number of benzene rings is 1. The van der Waals surface area contributed by atoms with Crippen molar-refractivity contribution in [1.82, 2.24) is 4.48 Å². The second-order valence-electron chi connectivity index (χ2n) is 4.89. The Morgan fingerprint density at radius 1 is 1.37 bits per heavy atom. The summed E-state index contributed by atoms with van der Waals surface area (Å²) in [5, 5.41) is 11.7. The molecule has 1 atom stereocenters. The highest BCUT2D eigenvalue weighted by Gasteiger charge is 2.37. The molecule has 0 saturated heterocycles. The first kappa shape index (κ1) is 13.8. The van der Waals surface area contributed by atoms with E-state index in [-0.39, 0.29) is 15.1 Å². The minimum absolute atomic E-state index is 0.0980. The molecule has 5 heteroatoms. The number of hydrogen-bond acceptors (Lipinski definition) is 2. The quantitative estimate of drug-likeness (QED) is 0.359. The molecule has 1 aromatic carbocycles. The molecule has 1 heterocycles. The van der Waals surface area contributed by atoms with Crippen LogP contribution in [-0.2, 0) is 0 Å². The number of quaternary nitrogens is 1. The highest BCUT2D eigenvalue weighted by Crippen LogP contribution is 2.39. The van der Waals surface area contributed by atoms with Crippen LogP contribution in [0.1, 0.15) is 11.1 Å². The summed E-state index contributed by atoms with van der Waals surface area (Å²) < 4.78 is 0.176. The van der Waals surface area contributed by atoms with Gasteiger partial charge in [0.2, 0.25) is 10.8 Å². The fourth-order valence-electron chi connectivity index (χ4n) is 2.15. The summed E-state index contributed by atoms with van der Waals surface area (Å²) in [5.74, 6) is 0. The Hall–Kier alpha value is -1.65. The fraction of sp³-hybridized carbons (Fsp3) is 0.286. The number of halogens is 1. The molecule has 0 amide bonds. The van der Waals surface area contributed by atoms with Crippen LogP contribution in [0.25, 0.3) is 0 Å². The first-order valence-corrected chi connectivity index (χ1v) is 6.30. The summed E-state index contributed by atoms with van der Waals surface area (Å²) in [4.78, 5) is 10.9. The second kappa shape index (κ2) is 4.79. The number of allylic oxidation sites excluding steroid dienone is 2. The van der Waals surface area contributed by atoms with E-state index in [0.29, 0.717) is 17.4 Å². The maximum Gasteiger partial charge on any atom is 0.330 e. The van der Waals surface area contributed by atoms with Crippen LogP contribution < -0.4 is 4.48 Å². The molecule has 1 aromatic rings. The minimum Gasteiger partial charge on any atom is -0.258 e. The molecule has 2 rings (SSSR count). The van der Waals surface area contributed by atoms with Gasteiger partial charge >= 0.3 is 5.69 Å². The van der Waals surface area contributed by atoms with Gasteiger partial charge in [-0.25, -0.2) is 4.48 Å². The number of nitrogens with zero attached hydrogens (tertiary/aromatic N) is 2. The average molecular weight is 279 g/mol. The molecular weight excluding hydrogens is 264 g/mol. The van der Waals surface area contributed by atoms with E-state index >= 15 is 0 Å². The standard InChI is InChI=1S/C14H15ClN2O2/c1-10-8-12(16(18)19)13(9-11(10)2)17(3)7-5-4-6-14(17)15/h4-5,8-9H,7H2,1-3H3/q+1. The van der Waals surface area contributed by atoms with Crippen LogP contribution in [0.5, 0.6) is 0 Å². The molecule has 1 aliphatic rings. The van der Waals surface area contributed by atoms with E-state index in [1.54, 1.807) is 12.1 Å². The zero-order chi connectivity index (χ0) is 14.2. The molecule has 0 aliphatic carbocycles.